The van der Waals surface area contributed by atoms with Gasteiger partial charge in [0.1, 0.15) is 0 Å². The van der Waals surface area contributed by atoms with Gasteiger partial charge in [-0.25, -0.2) is 0 Å². The van der Waals surface area contributed by atoms with Crippen LogP contribution in [0.4, 0.5) is 0 Å². The molecule has 0 aliphatic rings. The molecule has 1 N–H and O–H groups in total. The summed E-state index contributed by atoms with van der Waals surface area (Å²) in [4.78, 5) is 12.6. The fourth-order valence-electron chi connectivity index (χ4n) is 3.78. The third-order valence-corrected chi connectivity index (χ3v) is 5.25. The molecule has 0 saturated carbocycles. The Labute approximate surface area is 145 Å². The zero-order valence-corrected chi connectivity index (χ0v) is 17.4. The number of carbonyl (C=O) groups excluding carboxylic acids is 1. The van der Waals surface area contributed by atoms with Gasteiger partial charge in [-0.1, -0.05) is 34.6 Å². The fraction of sp³-hybridized carbons (Fsp3) is 0.950. The second kappa shape index (κ2) is 9.05. The molecule has 0 heterocycles. The summed E-state index contributed by atoms with van der Waals surface area (Å²) >= 11 is 0. The average Bonchev–Trinajstić information content (AvgIpc) is 2.41. The monoisotopic (exact) mass is 327 g/mol. The van der Waals surface area contributed by atoms with Gasteiger partial charge in [0, 0.05) is 11.5 Å². The second-order valence-electron chi connectivity index (χ2n) is 9.15. The third-order valence-electron chi connectivity index (χ3n) is 5.25. The van der Waals surface area contributed by atoms with Crippen molar-refractivity contribution in [3.05, 3.63) is 0 Å². The number of carbonyl (C=O) groups is 1. The van der Waals surface area contributed by atoms with Crippen LogP contribution in [0.2, 0.25) is 0 Å². The van der Waals surface area contributed by atoms with Crippen molar-refractivity contribution >= 4 is 5.91 Å². The first-order chi connectivity index (χ1) is 10.4. The summed E-state index contributed by atoms with van der Waals surface area (Å²) in [7, 11) is 0. The topological polar surface area (TPSA) is 29.1 Å². The maximum Gasteiger partial charge on any atom is 0.225 e. The lowest BCUT2D eigenvalue weighted by atomic mass is 9.75. The number of nitrogens with one attached hydrogen (secondary N) is 1. The largest absolute Gasteiger partial charge is 0.353 e. The molecule has 0 aromatic carbocycles. The van der Waals surface area contributed by atoms with Crippen LogP contribution in [0.3, 0.4) is 0 Å². The third kappa shape index (κ3) is 8.19. The van der Waals surface area contributed by atoms with Crippen molar-refractivity contribution in [1.29, 1.82) is 0 Å². The van der Waals surface area contributed by atoms with Crippen molar-refractivity contribution in [1.82, 2.24) is 5.32 Å². The SMILES string of the molecule is CC[N+](CC)(CC)CCCC(C)NC(=O)C(C)(C)CC(C)(C)C. The van der Waals surface area contributed by atoms with Crippen LogP contribution in [0.15, 0.2) is 0 Å². The smallest absolute Gasteiger partial charge is 0.225 e. The lowest BCUT2D eigenvalue weighted by Crippen LogP contribution is -2.48. The molecule has 3 heteroatoms. The molecule has 1 amide bonds. The van der Waals surface area contributed by atoms with Gasteiger partial charge in [0.2, 0.25) is 5.91 Å². The molecule has 0 aliphatic heterocycles. The Balaban J connectivity index is 4.39. The summed E-state index contributed by atoms with van der Waals surface area (Å²) in [5, 5.41) is 3.24. The Hall–Kier alpha value is -0.570. The first-order valence-corrected chi connectivity index (χ1v) is 9.57. The maximum atomic E-state index is 12.6. The molecule has 0 fully saturated rings. The predicted octanol–water partition coefficient (Wildman–Crippen LogP) is 4.61. The highest BCUT2D eigenvalue weighted by Gasteiger charge is 2.33. The van der Waals surface area contributed by atoms with Gasteiger partial charge in [0.15, 0.2) is 0 Å². The van der Waals surface area contributed by atoms with E-state index >= 15 is 0 Å². The van der Waals surface area contributed by atoms with Crippen LogP contribution >= 0.6 is 0 Å². The van der Waals surface area contributed by atoms with E-state index in [9.17, 15) is 4.79 Å². The van der Waals surface area contributed by atoms with Crippen LogP contribution < -0.4 is 5.32 Å². The van der Waals surface area contributed by atoms with Crippen molar-refractivity contribution in [2.45, 2.75) is 87.6 Å². The zero-order chi connectivity index (χ0) is 18.3. The van der Waals surface area contributed by atoms with E-state index in [0.29, 0.717) is 0 Å². The van der Waals surface area contributed by atoms with Gasteiger partial charge in [-0.05, 0) is 52.4 Å². The van der Waals surface area contributed by atoms with Crippen LogP contribution in [-0.2, 0) is 4.79 Å². The number of hydrogen-bond acceptors (Lipinski definition) is 1. The van der Waals surface area contributed by atoms with E-state index in [2.05, 4.69) is 67.6 Å². The minimum Gasteiger partial charge on any atom is -0.353 e. The number of hydrogen-bond donors (Lipinski definition) is 1. The van der Waals surface area contributed by atoms with Gasteiger partial charge < -0.3 is 9.80 Å². The molecular weight excluding hydrogens is 284 g/mol. The molecule has 1 atom stereocenters. The Morgan fingerprint density at radius 2 is 1.48 bits per heavy atom. The maximum absolute atomic E-state index is 12.6. The van der Waals surface area contributed by atoms with Crippen molar-refractivity contribution < 1.29 is 9.28 Å². The number of amides is 1. The molecule has 0 saturated heterocycles. The van der Waals surface area contributed by atoms with E-state index in [1.54, 1.807) is 0 Å². The van der Waals surface area contributed by atoms with Crippen LogP contribution in [0.1, 0.15) is 81.6 Å². The summed E-state index contributed by atoms with van der Waals surface area (Å²) in [6, 6.07) is 0.259. The van der Waals surface area contributed by atoms with E-state index in [4.69, 9.17) is 0 Å². The molecule has 3 nitrogen and oxygen atoms in total. The normalized spacial score (nSPS) is 14.7. The lowest BCUT2D eigenvalue weighted by molar-refractivity contribution is -0.923. The molecular formula is C20H43N2O+. The molecule has 0 aliphatic carbocycles. The predicted molar refractivity (Wildman–Crippen MR) is 101 cm³/mol. The zero-order valence-electron chi connectivity index (χ0n) is 17.4. The molecule has 1 unspecified atom stereocenters. The molecule has 138 valence electrons. The van der Waals surface area contributed by atoms with Crippen LogP contribution in [0, 0.1) is 10.8 Å². The summed E-state index contributed by atoms with van der Waals surface area (Å²) < 4.78 is 1.19. The molecule has 0 spiro atoms. The second-order valence-corrected chi connectivity index (χ2v) is 9.15. The average molecular weight is 328 g/mol. The first-order valence-electron chi connectivity index (χ1n) is 9.57. The van der Waals surface area contributed by atoms with Gasteiger partial charge >= 0.3 is 0 Å². The van der Waals surface area contributed by atoms with E-state index in [-0.39, 0.29) is 22.8 Å². The summed E-state index contributed by atoms with van der Waals surface area (Å²) in [6.45, 7) is 24.5. The van der Waals surface area contributed by atoms with E-state index in [1.165, 1.54) is 37.1 Å². The van der Waals surface area contributed by atoms with Gasteiger partial charge in [0.25, 0.3) is 0 Å². The summed E-state index contributed by atoms with van der Waals surface area (Å²) in [5.74, 6) is 0.196. The van der Waals surface area contributed by atoms with Crippen LogP contribution in [0.5, 0.6) is 0 Å². The summed E-state index contributed by atoms with van der Waals surface area (Å²) in [6.07, 6.45) is 3.15. The Morgan fingerprint density at radius 3 is 1.87 bits per heavy atom. The lowest BCUT2D eigenvalue weighted by Gasteiger charge is -2.36. The number of nitrogens with zero attached hydrogens (tertiary/aromatic N) is 1. The highest BCUT2D eigenvalue weighted by molar-refractivity contribution is 5.82. The van der Waals surface area contributed by atoms with Crippen molar-refractivity contribution in [2.24, 2.45) is 10.8 Å². The first kappa shape index (κ1) is 22.4. The fourth-order valence-corrected chi connectivity index (χ4v) is 3.78. The quantitative estimate of drug-likeness (QED) is 0.583. The van der Waals surface area contributed by atoms with Gasteiger partial charge in [0.05, 0.1) is 26.2 Å². The van der Waals surface area contributed by atoms with E-state index in [1.807, 2.05) is 0 Å². The van der Waals surface area contributed by atoms with Crippen molar-refractivity contribution in [3.8, 4) is 0 Å². The minimum atomic E-state index is -0.303. The standard InChI is InChI=1S/C20H42N2O/c1-10-22(11-2,12-3)15-13-14-17(4)21-18(23)20(8,9)16-19(5,6)7/h17H,10-16H2,1-9H3/p+1. The van der Waals surface area contributed by atoms with Crippen LogP contribution in [0.25, 0.3) is 0 Å². The molecule has 0 rings (SSSR count). The van der Waals surface area contributed by atoms with Gasteiger partial charge in [-0.3, -0.25) is 4.79 Å². The highest BCUT2D eigenvalue weighted by Crippen LogP contribution is 2.33. The number of rotatable bonds is 10. The molecule has 23 heavy (non-hydrogen) atoms. The Kier molecular flexibility index (Phi) is 8.83. The highest BCUT2D eigenvalue weighted by atomic mass is 16.2. The van der Waals surface area contributed by atoms with Gasteiger partial charge in [-0.15, -0.1) is 0 Å². The van der Waals surface area contributed by atoms with Crippen LogP contribution in [-0.4, -0.2) is 42.6 Å². The Bertz CT molecular complexity index is 343. The molecule has 0 bridgehead atoms. The molecule has 0 radical (unpaired) electrons. The van der Waals surface area contributed by atoms with Crippen molar-refractivity contribution in [2.75, 3.05) is 26.2 Å². The summed E-state index contributed by atoms with van der Waals surface area (Å²) in [5.41, 5.74) is -0.132. The molecule has 0 aromatic rings. The number of quaternary nitrogens is 1. The van der Waals surface area contributed by atoms with E-state index < -0.39 is 0 Å². The van der Waals surface area contributed by atoms with Gasteiger partial charge in [-0.2, -0.15) is 0 Å². The minimum absolute atomic E-state index is 0.171. The van der Waals surface area contributed by atoms with E-state index in [0.717, 1.165) is 12.8 Å². The van der Waals surface area contributed by atoms with Crippen molar-refractivity contribution in [3.63, 3.8) is 0 Å². The molecule has 0 aromatic heterocycles. The Morgan fingerprint density at radius 1 is 1.00 bits per heavy atom.